The normalized spacial score (nSPS) is 16.3. The van der Waals surface area contributed by atoms with E-state index in [1.807, 2.05) is 12.3 Å². The first-order valence-corrected chi connectivity index (χ1v) is 10.8. The van der Waals surface area contributed by atoms with Crippen LogP contribution in [-0.2, 0) is 11.3 Å². The molecule has 1 aliphatic heterocycles. The number of pyridine rings is 1. The van der Waals surface area contributed by atoms with Gasteiger partial charge in [0.25, 0.3) is 0 Å². The molecule has 3 rings (SSSR count). The van der Waals surface area contributed by atoms with Crippen LogP contribution in [0.5, 0.6) is 0 Å². The third kappa shape index (κ3) is 7.35. The van der Waals surface area contributed by atoms with Crippen molar-refractivity contribution >= 4 is 40.8 Å². The van der Waals surface area contributed by atoms with E-state index in [0.29, 0.717) is 18.5 Å². The number of morpholine rings is 1. The van der Waals surface area contributed by atoms with Gasteiger partial charge in [0.05, 0.1) is 25.3 Å². The Balaban J connectivity index is 0.00000320. The number of aromatic nitrogens is 1. The van der Waals surface area contributed by atoms with Crippen LogP contribution in [0.1, 0.15) is 32.8 Å². The topological polar surface area (TPSA) is 61.8 Å². The van der Waals surface area contributed by atoms with Gasteiger partial charge in [-0.05, 0) is 30.9 Å². The Bertz CT molecular complexity index is 787. The van der Waals surface area contributed by atoms with E-state index in [4.69, 9.17) is 9.73 Å². The molecule has 1 aromatic heterocycles. The molecule has 1 aromatic carbocycles. The van der Waals surface area contributed by atoms with E-state index in [9.17, 15) is 0 Å². The van der Waals surface area contributed by atoms with Crippen LogP contribution >= 0.6 is 24.0 Å². The first kappa shape index (κ1) is 24.8. The number of para-hydroxylation sites is 1. The van der Waals surface area contributed by atoms with Crippen LogP contribution in [0, 0.1) is 5.92 Å². The predicted octanol–water partition coefficient (Wildman–Crippen LogP) is 3.65. The smallest absolute Gasteiger partial charge is 0.191 e. The Morgan fingerprint density at radius 3 is 2.67 bits per heavy atom. The van der Waals surface area contributed by atoms with Gasteiger partial charge >= 0.3 is 0 Å². The minimum absolute atomic E-state index is 0. The molecule has 0 saturated carbocycles. The highest BCUT2D eigenvalue weighted by Gasteiger charge is 2.22. The molecular formula is C23H36IN5O. The van der Waals surface area contributed by atoms with Gasteiger partial charge < -0.3 is 15.4 Å². The quantitative estimate of drug-likeness (QED) is 0.313. The second-order valence-corrected chi connectivity index (χ2v) is 8.00. The maximum atomic E-state index is 5.54. The molecule has 1 unspecified atom stereocenters. The van der Waals surface area contributed by atoms with Gasteiger partial charge in [-0.25, -0.2) is 4.99 Å². The number of ether oxygens (including phenoxy) is 1. The van der Waals surface area contributed by atoms with Gasteiger partial charge in [0.2, 0.25) is 0 Å². The summed E-state index contributed by atoms with van der Waals surface area (Å²) in [5, 5.41) is 8.12. The largest absolute Gasteiger partial charge is 0.379 e. The average molecular weight is 525 g/mol. The number of halogens is 1. The summed E-state index contributed by atoms with van der Waals surface area (Å²) in [5.74, 6) is 1.52. The van der Waals surface area contributed by atoms with Gasteiger partial charge in [0.1, 0.15) is 0 Å². The number of benzene rings is 1. The molecule has 0 aliphatic carbocycles. The highest BCUT2D eigenvalue weighted by molar-refractivity contribution is 14.0. The van der Waals surface area contributed by atoms with E-state index in [1.165, 1.54) is 6.42 Å². The fourth-order valence-corrected chi connectivity index (χ4v) is 3.86. The fourth-order valence-electron chi connectivity index (χ4n) is 3.86. The molecule has 1 saturated heterocycles. The zero-order chi connectivity index (χ0) is 20.5. The molecule has 166 valence electrons. The summed E-state index contributed by atoms with van der Waals surface area (Å²) in [5.41, 5.74) is 2.17. The van der Waals surface area contributed by atoms with Crippen molar-refractivity contribution in [1.29, 1.82) is 0 Å². The lowest BCUT2D eigenvalue weighted by atomic mass is 10.0. The van der Waals surface area contributed by atoms with Crippen molar-refractivity contribution in [3.8, 4) is 0 Å². The molecule has 2 heterocycles. The van der Waals surface area contributed by atoms with Crippen LogP contribution in [0.4, 0.5) is 0 Å². The Morgan fingerprint density at radius 1 is 1.17 bits per heavy atom. The van der Waals surface area contributed by atoms with E-state index in [1.54, 1.807) is 0 Å². The molecule has 30 heavy (non-hydrogen) atoms. The molecule has 7 heteroatoms. The van der Waals surface area contributed by atoms with Crippen LogP contribution < -0.4 is 10.6 Å². The Hall–Kier alpha value is -1.45. The minimum Gasteiger partial charge on any atom is -0.379 e. The maximum absolute atomic E-state index is 5.54. The van der Waals surface area contributed by atoms with Gasteiger partial charge in [0, 0.05) is 43.8 Å². The van der Waals surface area contributed by atoms with Gasteiger partial charge in [0.15, 0.2) is 5.96 Å². The number of fused-ring (bicyclic) bond motifs is 1. The van der Waals surface area contributed by atoms with Crippen LogP contribution in [0.25, 0.3) is 10.9 Å². The number of nitrogens with one attached hydrogen (secondary N) is 2. The predicted molar refractivity (Wildman–Crippen MR) is 136 cm³/mol. The summed E-state index contributed by atoms with van der Waals surface area (Å²) < 4.78 is 5.54. The van der Waals surface area contributed by atoms with Crippen molar-refractivity contribution in [2.75, 3.05) is 39.4 Å². The third-order valence-electron chi connectivity index (χ3n) is 5.28. The van der Waals surface area contributed by atoms with Crippen molar-refractivity contribution in [1.82, 2.24) is 20.5 Å². The lowest BCUT2D eigenvalue weighted by molar-refractivity contribution is 0.0132. The van der Waals surface area contributed by atoms with E-state index < -0.39 is 0 Å². The molecule has 0 bridgehead atoms. The number of hydrogen-bond acceptors (Lipinski definition) is 4. The lowest BCUT2D eigenvalue weighted by Crippen LogP contribution is -2.51. The van der Waals surface area contributed by atoms with Crippen molar-refractivity contribution in [2.45, 2.75) is 39.8 Å². The van der Waals surface area contributed by atoms with Crippen molar-refractivity contribution in [3.05, 3.63) is 42.1 Å². The summed E-state index contributed by atoms with van der Waals surface area (Å²) in [6.45, 7) is 12.7. The number of hydrogen-bond donors (Lipinski definition) is 2. The molecule has 1 aliphatic rings. The monoisotopic (exact) mass is 525 g/mol. The lowest BCUT2D eigenvalue weighted by Gasteiger charge is -2.35. The SMILES string of the molecule is CCNC(=NCc1cccc2cccnc12)NCC(CC(C)C)N1CCOCC1.I. The van der Waals surface area contributed by atoms with Crippen LogP contribution in [0.2, 0.25) is 0 Å². The molecule has 2 aromatic rings. The Labute approximate surface area is 197 Å². The molecule has 1 atom stereocenters. The second-order valence-electron chi connectivity index (χ2n) is 8.00. The summed E-state index contributed by atoms with van der Waals surface area (Å²) in [4.78, 5) is 11.9. The maximum Gasteiger partial charge on any atom is 0.191 e. The number of rotatable bonds is 8. The Morgan fingerprint density at radius 2 is 1.93 bits per heavy atom. The first-order chi connectivity index (χ1) is 14.2. The van der Waals surface area contributed by atoms with E-state index in [-0.39, 0.29) is 24.0 Å². The molecule has 0 amide bonds. The molecule has 0 radical (unpaired) electrons. The van der Waals surface area contributed by atoms with E-state index in [2.05, 4.69) is 65.6 Å². The summed E-state index contributed by atoms with van der Waals surface area (Å²) in [6, 6.07) is 10.8. The fraction of sp³-hybridized carbons (Fsp3) is 0.565. The number of aliphatic imine (C=N–C) groups is 1. The van der Waals surface area contributed by atoms with Crippen molar-refractivity contribution in [2.24, 2.45) is 10.9 Å². The van der Waals surface area contributed by atoms with Gasteiger partial charge in [-0.2, -0.15) is 0 Å². The zero-order valence-corrected chi connectivity index (χ0v) is 20.8. The molecule has 2 N–H and O–H groups in total. The average Bonchev–Trinajstić information content (AvgIpc) is 2.75. The van der Waals surface area contributed by atoms with Gasteiger partial charge in [-0.1, -0.05) is 38.1 Å². The zero-order valence-electron chi connectivity index (χ0n) is 18.4. The molecular weight excluding hydrogens is 489 g/mol. The number of nitrogens with zero attached hydrogens (tertiary/aromatic N) is 3. The second kappa shape index (κ2) is 13.1. The highest BCUT2D eigenvalue weighted by atomic mass is 127. The van der Waals surface area contributed by atoms with Gasteiger partial charge in [-0.15, -0.1) is 24.0 Å². The highest BCUT2D eigenvalue weighted by Crippen LogP contribution is 2.17. The third-order valence-corrected chi connectivity index (χ3v) is 5.28. The minimum atomic E-state index is 0. The number of guanidine groups is 1. The standard InChI is InChI=1S/C23H35N5O.HI/c1-4-24-23(26-16-20-8-5-7-19-9-6-10-25-22(19)20)27-17-21(15-18(2)3)28-11-13-29-14-12-28;/h5-10,18,21H,4,11-17H2,1-3H3,(H2,24,26,27);1H. The molecule has 1 fully saturated rings. The Kier molecular flexibility index (Phi) is 10.8. The summed E-state index contributed by atoms with van der Waals surface area (Å²) >= 11 is 0. The summed E-state index contributed by atoms with van der Waals surface area (Å²) in [7, 11) is 0. The van der Waals surface area contributed by atoms with E-state index >= 15 is 0 Å². The van der Waals surface area contributed by atoms with Crippen molar-refractivity contribution in [3.63, 3.8) is 0 Å². The first-order valence-electron chi connectivity index (χ1n) is 10.8. The van der Waals surface area contributed by atoms with Crippen molar-refractivity contribution < 1.29 is 4.74 Å². The summed E-state index contributed by atoms with van der Waals surface area (Å²) in [6.07, 6.45) is 3.01. The van der Waals surface area contributed by atoms with Crippen LogP contribution in [-0.4, -0.2) is 61.3 Å². The van der Waals surface area contributed by atoms with Crippen LogP contribution in [0.3, 0.4) is 0 Å². The molecule has 0 spiro atoms. The van der Waals surface area contributed by atoms with E-state index in [0.717, 1.165) is 61.8 Å². The van der Waals surface area contributed by atoms with Gasteiger partial charge in [-0.3, -0.25) is 9.88 Å². The van der Waals surface area contributed by atoms with Crippen LogP contribution in [0.15, 0.2) is 41.5 Å². The molecule has 6 nitrogen and oxygen atoms in total.